The highest BCUT2D eigenvalue weighted by Crippen LogP contribution is 2.44. The predicted molar refractivity (Wildman–Crippen MR) is 90.6 cm³/mol. The van der Waals surface area contributed by atoms with Crippen molar-refractivity contribution in [3.63, 3.8) is 0 Å². The first-order valence-corrected chi connectivity index (χ1v) is 8.11. The second kappa shape index (κ2) is 7.13. The number of ketones is 1. The third-order valence-corrected chi connectivity index (χ3v) is 4.47. The van der Waals surface area contributed by atoms with E-state index in [1.165, 1.54) is 35.8 Å². The highest BCUT2D eigenvalue weighted by atomic mass is 19.4. The molecule has 1 aromatic heterocycles. The number of nitrogens with one attached hydrogen (secondary N) is 2. The second-order valence-corrected chi connectivity index (χ2v) is 6.28. The fourth-order valence-electron chi connectivity index (χ4n) is 3.14. The minimum absolute atomic E-state index is 0.154. The SMILES string of the molecule is O=C1NC(c2cccc([N+](=O)[O-])c2)C(C(=O)c2cccnc2)C(O)(C(F)(F)F)N1. The van der Waals surface area contributed by atoms with Gasteiger partial charge in [0.25, 0.3) is 5.69 Å². The maximum absolute atomic E-state index is 13.8. The minimum atomic E-state index is -5.42. The van der Waals surface area contributed by atoms with Crippen molar-refractivity contribution in [3.05, 3.63) is 70.0 Å². The van der Waals surface area contributed by atoms with Crippen molar-refractivity contribution in [2.24, 2.45) is 5.92 Å². The number of carbonyl (C=O) groups is 2. The van der Waals surface area contributed by atoms with E-state index < -0.39 is 46.3 Å². The first kappa shape index (κ1) is 20.2. The van der Waals surface area contributed by atoms with Crippen LogP contribution in [0.3, 0.4) is 0 Å². The largest absolute Gasteiger partial charge is 0.437 e. The summed E-state index contributed by atoms with van der Waals surface area (Å²) in [7, 11) is 0. The zero-order chi connectivity index (χ0) is 21.4. The zero-order valence-corrected chi connectivity index (χ0v) is 14.4. The Balaban J connectivity index is 2.18. The minimum Gasteiger partial charge on any atom is -0.363 e. The van der Waals surface area contributed by atoms with Crippen LogP contribution in [0.1, 0.15) is 22.0 Å². The van der Waals surface area contributed by atoms with E-state index in [0.717, 1.165) is 18.3 Å². The Morgan fingerprint density at radius 2 is 2.00 bits per heavy atom. The zero-order valence-electron chi connectivity index (χ0n) is 14.4. The Kier molecular flexibility index (Phi) is 4.96. The average Bonchev–Trinajstić information content (AvgIpc) is 2.67. The van der Waals surface area contributed by atoms with Crippen LogP contribution in [0.4, 0.5) is 23.7 Å². The number of pyridine rings is 1. The summed E-state index contributed by atoms with van der Waals surface area (Å²) in [5.41, 5.74) is -4.77. The van der Waals surface area contributed by atoms with Gasteiger partial charge in [-0.15, -0.1) is 0 Å². The number of urea groups is 1. The number of nitro benzene ring substituents is 1. The van der Waals surface area contributed by atoms with Crippen LogP contribution in [0.15, 0.2) is 48.8 Å². The van der Waals surface area contributed by atoms with Gasteiger partial charge in [-0.2, -0.15) is 13.2 Å². The van der Waals surface area contributed by atoms with Crippen LogP contribution in [0.25, 0.3) is 0 Å². The molecule has 3 unspecified atom stereocenters. The van der Waals surface area contributed by atoms with Crippen LogP contribution in [0.2, 0.25) is 0 Å². The Labute approximate surface area is 160 Å². The number of nitrogens with zero attached hydrogens (tertiary/aromatic N) is 2. The fraction of sp³-hybridized carbons (Fsp3) is 0.235. The van der Waals surface area contributed by atoms with E-state index in [-0.39, 0.29) is 11.1 Å². The summed E-state index contributed by atoms with van der Waals surface area (Å²) in [6, 6.07) is 3.85. The number of rotatable bonds is 4. The van der Waals surface area contributed by atoms with E-state index >= 15 is 0 Å². The number of hydrogen-bond donors (Lipinski definition) is 3. The number of Topliss-reactive ketones (excluding diaryl/α,β-unsaturated/α-hetero) is 1. The van der Waals surface area contributed by atoms with Gasteiger partial charge in [0.15, 0.2) is 5.78 Å². The van der Waals surface area contributed by atoms with Gasteiger partial charge in [0.05, 0.1) is 11.0 Å². The molecule has 3 N–H and O–H groups in total. The number of aliphatic hydroxyl groups is 1. The quantitative estimate of drug-likeness (QED) is 0.401. The maximum Gasteiger partial charge on any atom is 0.437 e. The lowest BCUT2D eigenvalue weighted by atomic mass is 9.77. The number of amides is 2. The standard InChI is InChI=1S/C17H13F3N4O5/c18-17(19,20)16(27)12(14(25)10-4-2-6-21-8-10)13(22-15(26)23-16)9-3-1-5-11(7-9)24(28)29/h1-8,12-13,27H,(H2,22,23,26). The monoisotopic (exact) mass is 410 g/mol. The first-order valence-electron chi connectivity index (χ1n) is 8.11. The predicted octanol–water partition coefficient (Wildman–Crippen LogP) is 2.09. The average molecular weight is 410 g/mol. The smallest absolute Gasteiger partial charge is 0.363 e. The Hall–Kier alpha value is -3.54. The van der Waals surface area contributed by atoms with Crippen LogP contribution in [-0.2, 0) is 0 Å². The normalized spacial score (nSPS) is 24.3. The molecular formula is C17H13F3N4O5. The van der Waals surface area contributed by atoms with Gasteiger partial charge in [-0.25, -0.2) is 4.79 Å². The van der Waals surface area contributed by atoms with Crippen molar-refractivity contribution >= 4 is 17.5 Å². The lowest BCUT2D eigenvalue weighted by Crippen LogP contribution is -2.72. The number of hydrogen-bond acceptors (Lipinski definition) is 6. The topological polar surface area (TPSA) is 134 Å². The molecule has 0 bridgehead atoms. The molecule has 3 atom stereocenters. The first-order chi connectivity index (χ1) is 13.5. The van der Waals surface area contributed by atoms with Crippen LogP contribution >= 0.6 is 0 Å². The molecule has 2 aromatic rings. The molecule has 2 amide bonds. The van der Waals surface area contributed by atoms with Gasteiger partial charge in [0.2, 0.25) is 5.72 Å². The summed E-state index contributed by atoms with van der Waals surface area (Å²) in [6.07, 6.45) is -3.11. The van der Waals surface area contributed by atoms with Crippen LogP contribution in [0, 0.1) is 16.0 Å². The van der Waals surface area contributed by atoms with Crippen molar-refractivity contribution in [1.82, 2.24) is 15.6 Å². The van der Waals surface area contributed by atoms with Gasteiger partial charge in [-0.1, -0.05) is 12.1 Å². The van der Waals surface area contributed by atoms with Gasteiger partial charge in [0, 0.05) is 30.1 Å². The number of nitro groups is 1. The van der Waals surface area contributed by atoms with E-state index in [1.807, 2.05) is 0 Å². The molecule has 152 valence electrons. The van der Waals surface area contributed by atoms with E-state index in [2.05, 4.69) is 10.3 Å². The molecule has 12 heteroatoms. The number of carbonyl (C=O) groups excluding carboxylic acids is 2. The molecule has 1 aromatic carbocycles. The van der Waals surface area contributed by atoms with E-state index in [0.29, 0.717) is 0 Å². The van der Waals surface area contributed by atoms with Crippen molar-refractivity contribution in [2.45, 2.75) is 17.9 Å². The molecule has 1 aliphatic heterocycles. The molecule has 1 aliphatic rings. The second-order valence-electron chi connectivity index (χ2n) is 6.28. The molecule has 3 rings (SSSR count). The fourth-order valence-corrected chi connectivity index (χ4v) is 3.14. The summed E-state index contributed by atoms with van der Waals surface area (Å²) < 4.78 is 41.3. The number of halogens is 3. The van der Waals surface area contributed by atoms with E-state index in [9.17, 15) is 38.0 Å². The van der Waals surface area contributed by atoms with Crippen molar-refractivity contribution in [1.29, 1.82) is 0 Å². The molecule has 1 saturated heterocycles. The van der Waals surface area contributed by atoms with Gasteiger partial charge < -0.3 is 15.7 Å². The molecular weight excluding hydrogens is 397 g/mol. The number of non-ortho nitro benzene ring substituents is 1. The molecule has 9 nitrogen and oxygen atoms in total. The Morgan fingerprint density at radius 3 is 2.59 bits per heavy atom. The van der Waals surface area contributed by atoms with Gasteiger partial charge in [-0.05, 0) is 17.7 Å². The highest BCUT2D eigenvalue weighted by Gasteiger charge is 2.66. The Morgan fingerprint density at radius 1 is 1.28 bits per heavy atom. The molecule has 0 aliphatic carbocycles. The third kappa shape index (κ3) is 3.61. The van der Waals surface area contributed by atoms with Gasteiger partial charge in [0.1, 0.15) is 5.92 Å². The Bertz CT molecular complexity index is 969. The molecule has 0 saturated carbocycles. The van der Waals surface area contributed by atoms with Crippen molar-refractivity contribution in [3.8, 4) is 0 Å². The summed E-state index contributed by atoms with van der Waals surface area (Å²) in [6.45, 7) is 0. The van der Waals surface area contributed by atoms with E-state index in [4.69, 9.17) is 0 Å². The van der Waals surface area contributed by atoms with Crippen LogP contribution in [0.5, 0.6) is 0 Å². The number of alkyl halides is 3. The maximum atomic E-state index is 13.8. The highest BCUT2D eigenvalue weighted by molar-refractivity contribution is 6.00. The van der Waals surface area contributed by atoms with E-state index in [1.54, 1.807) is 0 Å². The molecule has 1 fully saturated rings. The number of benzene rings is 1. The molecule has 2 heterocycles. The lowest BCUT2D eigenvalue weighted by Gasteiger charge is -2.45. The van der Waals surface area contributed by atoms with Gasteiger partial charge in [-0.3, -0.25) is 19.9 Å². The third-order valence-electron chi connectivity index (χ3n) is 4.47. The van der Waals surface area contributed by atoms with Gasteiger partial charge >= 0.3 is 12.2 Å². The van der Waals surface area contributed by atoms with Crippen molar-refractivity contribution in [2.75, 3.05) is 0 Å². The molecule has 0 radical (unpaired) electrons. The summed E-state index contributed by atoms with van der Waals surface area (Å²) in [5, 5.41) is 25.0. The summed E-state index contributed by atoms with van der Waals surface area (Å²) in [4.78, 5) is 38.8. The lowest BCUT2D eigenvalue weighted by molar-refractivity contribution is -0.385. The summed E-state index contributed by atoms with van der Waals surface area (Å²) in [5.74, 6) is -3.45. The number of aromatic nitrogens is 1. The summed E-state index contributed by atoms with van der Waals surface area (Å²) >= 11 is 0. The van der Waals surface area contributed by atoms with Crippen LogP contribution in [-0.4, -0.2) is 38.7 Å². The molecule has 0 spiro atoms. The van der Waals surface area contributed by atoms with Crippen LogP contribution < -0.4 is 10.6 Å². The molecule has 29 heavy (non-hydrogen) atoms. The van der Waals surface area contributed by atoms with Crippen molar-refractivity contribution < 1.29 is 32.8 Å².